The lowest BCUT2D eigenvalue weighted by Gasteiger charge is -2.26. The predicted octanol–water partition coefficient (Wildman–Crippen LogP) is 5.31. The van der Waals surface area contributed by atoms with E-state index in [1.54, 1.807) is 0 Å². The molecule has 6 rings (SSSR count). The standard InChI is InChI=1S/C32H37N7O2/c1-3-33-32(40)35-25-10-8-23(9-11-25)30-28(21-39(4-2)37-30)26-12-13-34-31-27(26)19-29(36-31)24-7-5-6-22(18-24)20-38-14-16-41-17-15-38/h5-13,18,21,29H,3-4,14-17,19-20H2,1-2H3,(H,34,36)(H2,33,35,40). The normalized spacial score (nSPS) is 16.7. The van der Waals surface area contributed by atoms with Crippen LogP contribution in [0.2, 0.25) is 0 Å². The number of anilines is 2. The number of nitrogens with one attached hydrogen (secondary N) is 3. The number of ether oxygens (including phenoxy) is 1. The maximum Gasteiger partial charge on any atom is 0.319 e. The molecule has 1 saturated heterocycles. The summed E-state index contributed by atoms with van der Waals surface area (Å²) in [6.07, 6.45) is 4.86. The molecule has 2 aliphatic heterocycles. The van der Waals surface area contributed by atoms with E-state index in [2.05, 4.69) is 64.3 Å². The molecule has 9 heteroatoms. The quantitative estimate of drug-likeness (QED) is 0.275. The number of rotatable bonds is 8. The first-order valence-corrected chi connectivity index (χ1v) is 14.5. The zero-order valence-electron chi connectivity index (χ0n) is 23.7. The fraction of sp³-hybridized carbons (Fsp3) is 0.344. The average molecular weight is 552 g/mol. The van der Waals surface area contributed by atoms with E-state index < -0.39 is 0 Å². The highest BCUT2D eigenvalue weighted by Crippen LogP contribution is 2.41. The minimum Gasteiger partial charge on any atom is -0.379 e. The second-order valence-corrected chi connectivity index (χ2v) is 10.5. The van der Waals surface area contributed by atoms with Gasteiger partial charge in [-0.1, -0.05) is 36.4 Å². The third kappa shape index (κ3) is 5.96. The minimum absolute atomic E-state index is 0.160. The van der Waals surface area contributed by atoms with Crippen LogP contribution in [0.15, 0.2) is 67.0 Å². The first-order chi connectivity index (χ1) is 20.1. The fourth-order valence-corrected chi connectivity index (χ4v) is 5.66. The molecular weight excluding hydrogens is 514 g/mol. The predicted molar refractivity (Wildman–Crippen MR) is 162 cm³/mol. The Morgan fingerprint density at radius 1 is 1.07 bits per heavy atom. The number of fused-ring (bicyclic) bond motifs is 1. The van der Waals surface area contributed by atoms with Crippen molar-refractivity contribution in [2.24, 2.45) is 0 Å². The van der Waals surface area contributed by atoms with Crippen molar-refractivity contribution >= 4 is 17.5 Å². The number of benzene rings is 2. The van der Waals surface area contributed by atoms with Gasteiger partial charge in [0, 0.05) is 73.9 Å². The second kappa shape index (κ2) is 12.1. The monoisotopic (exact) mass is 551 g/mol. The molecule has 2 amide bonds. The fourth-order valence-electron chi connectivity index (χ4n) is 5.66. The Morgan fingerprint density at radius 2 is 1.90 bits per heavy atom. The van der Waals surface area contributed by atoms with Gasteiger partial charge in [-0.05, 0) is 48.7 Å². The summed E-state index contributed by atoms with van der Waals surface area (Å²) >= 11 is 0. The maximum atomic E-state index is 11.9. The van der Waals surface area contributed by atoms with E-state index in [4.69, 9.17) is 14.8 Å². The van der Waals surface area contributed by atoms with Crippen LogP contribution in [0.3, 0.4) is 0 Å². The van der Waals surface area contributed by atoms with E-state index in [0.29, 0.717) is 6.54 Å². The second-order valence-electron chi connectivity index (χ2n) is 10.5. The average Bonchev–Trinajstić information content (AvgIpc) is 3.63. The number of pyridine rings is 1. The molecule has 0 saturated carbocycles. The summed E-state index contributed by atoms with van der Waals surface area (Å²) in [6, 6.07) is 18.8. The van der Waals surface area contributed by atoms with Crippen LogP contribution >= 0.6 is 0 Å². The molecule has 2 aliphatic rings. The van der Waals surface area contributed by atoms with Crippen molar-refractivity contribution in [2.75, 3.05) is 43.5 Å². The number of morpholine rings is 1. The van der Waals surface area contributed by atoms with Gasteiger partial charge in [0.05, 0.1) is 19.3 Å². The molecule has 2 aromatic heterocycles. The summed E-state index contributed by atoms with van der Waals surface area (Å²) in [5, 5.41) is 14.2. The van der Waals surface area contributed by atoms with Crippen molar-refractivity contribution in [3.05, 3.63) is 83.7 Å². The van der Waals surface area contributed by atoms with Gasteiger partial charge in [0.15, 0.2) is 0 Å². The van der Waals surface area contributed by atoms with Gasteiger partial charge in [-0.25, -0.2) is 9.78 Å². The lowest BCUT2D eigenvalue weighted by molar-refractivity contribution is 0.0342. The van der Waals surface area contributed by atoms with Gasteiger partial charge in [0.25, 0.3) is 0 Å². The number of hydrogen-bond donors (Lipinski definition) is 3. The van der Waals surface area contributed by atoms with Crippen LogP contribution in [0.5, 0.6) is 0 Å². The van der Waals surface area contributed by atoms with Crippen molar-refractivity contribution in [1.82, 2.24) is 25.0 Å². The third-order valence-corrected chi connectivity index (χ3v) is 7.77. The van der Waals surface area contributed by atoms with E-state index >= 15 is 0 Å². The molecule has 41 heavy (non-hydrogen) atoms. The molecule has 0 radical (unpaired) electrons. The van der Waals surface area contributed by atoms with E-state index in [1.807, 2.05) is 42.1 Å². The molecular formula is C32H37N7O2. The van der Waals surface area contributed by atoms with Crippen molar-refractivity contribution < 1.29 is 9.53 Å². The van der Waals surface area contributed by atoms with E-state index in [9.17, 15) is 4.79 Å². The highest BCUT2D eigenvalue weighted by molar-refractivity contribution is 5.90. The van der Waals surface area contributed by atoms with Gasteiger partial charge in [-0.3, -0.25) is 9.58 Å². The van der Waals surface area contributed by atoms with Crippen molar-refractivity contribution in [3.63, 3.8) is 0 Å². The Morgan fingerprint density at radius 3 is 2.68 bits per heavy atom. The molecule has 1 unspecified atom stereocenters. The van der Waals surface area contributed by atoms with Gasteiger partial charge in [-0.15, -0.1) is 0 Å². The Labute approximate surface area is 240 Å². The summed E-state index contributed by atoms with van der Waals surface area (Å²) in [5.41, 5.74) is 8.70. The summed E-state index contributed by atoms with van der Waals surface area (Å²) in [6.45, 7) is 9.85. The highest BCUT2D eigenvalue weighted by Gasteiger charge is 2.28. The third-order valence-electron chi connectivity index (χ3n) is 7.77. The number of aryl methyl sites for hydroxylation is 1. The van der Waals surface area contributed by atoms with Crippen LogP contribution in [0.4, 0.5) is 16.3 Å². The Hall–Kier alpha value is -4.21. The van der Waals surface area contributed by atoms with Crippen LogP contribution in [0.25, 0.3) is 22.4 Å². The van der Waals surface area contributed by atoms with Gasteiger partial charge < -0.3 is 20.7 Å². The van der Waals surface area contributed by atoms with Gasteiger partial charge >= 0.3 is 6.03 Å². The molecule has 212 valence electrons. The van der Waals surface area contributed by atoms with Crippen molar-refractivity contribution in [3.8, 4) is 22.4 Å². The van der Waals surface area contributed by atoms with Crippen molar-refractivity contribution in [2.45, 2.75) is 39.4 Å². The van der Waals surface area contributed by atoms with E-state index in [0.717, 1.165) is 79.7 Å². The number of urea groups is 1. The molecule has 0 spiro atoms. The van der Waals surface area contributed by atoms with E-state index in [1.165, 1.54) is 16.7 Å². The van der Waals surface area contributed by atoms with Gasteiger partial charge in [-0.2, -0.15) is 5.10 Å². The summed E-state index contributed by atoms with van der Waals surface area (Å²) < 4.78 is 7.50. The zero-order valence-corrected chi connectivity index (χ0v) is 23.7. The van der Waals surface area contributed by atoms with Gasteiger partial charge in [0.2, 0.25) is 0 Å². The molecule has 1 fully saturated rings. The number of hydrogen-bond acceptors (Lipinski definition) is 6. The Kier molecular flexibility index (Phi) is 7.98. The molecule has 4 aromatic rings. The smallest absolute Gasteiger partial charge is 0.319 e. The summed E-state index contributed by atoms with van der Waals surface area (Å²) in [7, 11) is 0. The largest absolute Gasteiger partial charge is 0.379 e. The van der Waals surface area contributed by atoms with Gasteiger partial charge in [0.1, 0.15) is 11.5 Å². The first kappa shape index (κ1) is 27.0. The van der Waals surface area contributed by atoms with Crippen LogP contribution < -0.4 is 16.0 Å². The van der Waals surface area contributed by atoms with Crippen LogP contribution in [-0.4, -0.2) is 58.5 Å². The molecule has 0 aliphatic carbocycles. The Bertz CT molecular complexity index is 1510. The topological polar surface area (TPSA) is 96.3 Å². The number of nitrogens with zero attached hydrogens (tertiary/aromatic N) is 4. The number of amides is 2. The number of carbonyl (C=O) groups is 1. The van der Waals surface area contributed by atoms with Crippen LogP contribution in [-0.2, 0) is 24.2 Å². The van der Waals surface area contributed by atoms with E-state index in [-0.39, 0.29) is 12.1 Å². The van der Waals surface area contributed by atoms with Crippen LogP contribution in [0.1, 0.15) is 36.6 Å². The summed E-state index contributed by atoms with van der Waals surface area (Å²) in [4.78, 5) is 19.1. The molecule has 0 bridgehead atoms. The molecule has 4 heterocycles. The molecule has 9 nitrogen and oxygen atoms in total. The van der Waals surface area contributed by atoms with Crippen molar-refractivity contribution in [1.29, 1.82) is 0 Å². The number of aromatic nitrogens is 3. The highest BCUT2D eigenvalue weighted by atomic mass is 16.5. The molecule has 3 N–H and O–H groups in total. The zero-order chi connectivity index (χ0) is 28.2. The minimum atomic E-state index is -0.211. The lowest BCUT2D eigenvalue weighted by atomic mass is 9.94. The SMILES string of the molecule is CCNC(=O)Nc1ccc(-c2nn(CC)cc2-c2ccnc3c2CC(c2cccc(CN4CCOCC4)c2)N3)cc1. The molecule has 1 atom stereocenters. The lowest BCUT2D eigenvalue weighted by Crippen LogP contribution is -2.35. The maximum absolute atomic E-state index is 11.9. The number of carbonyl (C=O) groups excluding carboxylic acids is 1. The molecule has 2 aromatic carbocycles. The van der Waals surface area contributed by atoms with Crippen LogP contribution in [0, 0.1) is 0 Å². The first-order valence-electron chi connectivity index (χ1n) is 14.5. The summed E-state index contributed by atoms with van der Waals surface area (Å²) in [5.74, 6) is 0.933. The Balaban J connectivity index is 1.26.